The molecule has 5 rings (SSSR count). The van der Waals surface area contributed by atoms with Crippen LogP contribution in [0.2, 0.25) is 0 Å². The van der Waals surface area contributed by atoms with Crippen molar-refractivity contribution in [2.45, 2.75) is 62.6 Å². The van der Waals surface area contributed by atoms with Crippen LogP contribution in [0.5, 0.6) is 0 Å². The molecule has 4 aromatic rings. The fourth-order valence-corrected chi connectivity index (χ4v) is 6.60. The van der Waals surface area contributed by atoms with Crippen molar-refractivity contribution in [2.75, 3.05) is 17.7 Å². The molecule has 13 heteroatoms. The Morgan fingerprint density at radius 1 is 0.980 bits per heavy atom. The van der Waals surface area contributed by atoms with Crippen LogP contribution in [0.3, 0.4) is 0 Å². The topological polar surface area (TPSA) is 116 Å². The van der Waals surface area contributed by atoms with Gasteiger partial charge < -0.3 is 30.6 Å². The summed E-state index contributed by atoms with van der Waals surface area (Å²) in [6, 6.07) is 20.8. The maximum Gasteiger partial charge on any atom is 0.416 e. The van der Waals surface area contributed by atoms with Crippen LogP contribution in [0.15, 0.2) is 94.4 Å². The number of thioether (sulfide) groups is 1. The molecular formula is C36H38F3N5O4S. The third-order valence-corrected chi connectivity index (χ3v) is 9.23. The van der Waals surface area contributed by atoms with Crippen molar-refractivity contribution in [3.63, 3.8) is 0 Å². The van der Waals surface area contributed by atoms with E-state index in [1.807, 2.05) is 68.4 Å². The van der Waals surface area contributed by atoms with Gasteiger partial charge in [-0.2, -0.15) is 13.2 Å². The molecule has 0 aliphatic carbocycles. The summed E-state index contributed by atoms with van der Waals surface area (Å²) in [6.45, 7) is 4.52. The molecule has 258 valence electrons. The minimum Gasteiger partial charge on any atom is -0.468 e. The molecule has 0 spiro atoms. The third-order valence-electron chi connectivity index (χ3n) is 8.10. The number of furan rings is 1. The SMILES string of the molecule is CNC(=O)NCc1ccccc1-c1ccc(CN2C(=O)[C@H](NC(=O)CC(C)(C)NCc3ccco3)CSc3cc(C(F)(F)F)ccc32)cc1. The Bertz CT molecular complexity index is 1780. The first-order valence-corrected chi connectivity index (χ1v) is 16.7. The first-order valence-electron chi connectivity index (χ1n) is 15.7. The van der Waals surface area contributed by atoms with Gasteiger partial charge in [-0.25, -0.2) is 4.79 Å². The first-order chi connectivity index (χ1) is 23.3. The monoisotopic (exact) mass is 693 g/mol. The summed E-state index contributed by atoms with van der Waals surface area (Å²) in [6.07, 6.45) is -2.94. The maximum atomic E-state index is 14.1. The molecule has 0 bridgehead atoms. The number of fused-ring (bicyclic) bond motifs is 1. The van der Waals surface area contributed by atoms with Crippen molar-refractivity contribution in [3.05, 3.63) is 108 Å². The molecule has 9 nitrogen and oxygen atoms in total. The van der Waals surface area contributed by atoms with Gasteiger partial charge in [-0.3, -0.25) is 9.59 Å². The molecular weight excluding hydrogens is 655 g/mol. The summed E-state index contributed by atoms with van der Waals surface area (Å²) in [5.41, 5.74) is 2.35. The predicted molar refractivity (Wildman–Crippen MR) is 183 cm³/mol. The first kappa shape index (κ1) is 35.6. The van der Waals surface area contributed by atoms with Crippen molar-refractivity contribution in [3.8, 4) is 11.1 Å². The lowest BCUT2D eigenvalue weighted by molar-refractivity contribution is -0.137. The Labute approximate surface area is 287 Å². The van der Waals surface area contributed by atoms with E-state index in [4.69, 9.17) is 4.42 Å². The van der Waals surface area contributed by atoms with Gasteiger partial charge in [-0.15, -0.1) is 11.8 Å². The van der Waals surface area contributed by atoms with E-state index >= 15 is 0 Å². The highest BCUT2D eigenvalue weighted by atomic mass is 32.2. The molecule has 0 unspecified atom stereocenters. The lowest BCUT2D eigenvalue weighted by Gasteiger charge is -2.28. The molecule has 49 heavy (non-hydrogen) atoms. The number of nitrogens with zero attached hydrogens (tertiary/aromatic N) is 1. The highest BCUT2D eigenvalue weighted by Gasteiger charge is 2.36. The summed E-state index contributed by atoms with van der Waals surface area (Å²) in [4.78, 5) is 40.8. The van der Waals surface area contributed by atoms with E-state index in [1.165, 1.54) is 11.0 Å². The van der Waals surface area contributed by atoms with Gasteiger partial charge in [-0.1, -0.05) is 48.5 Å². The fraction of sp³-hybridized carbons (Fsp3) is 0.306. The van der Waals surface area contributed by atoms with Gasteiger partial charge in [0.2, 0.25) is 5.91 Å². The third kappa shape index (κ3) is 9.24. The molecule has 1 aliphatic heterocycles. The number of rotatable bonds is 11. The Kier molecular flexibility index (Phi) is 11.0. The van der Waals surface area contributed by atoms with Crippen molar-refractivity contribution in [1.82, 2.24) is 21.3 Å². The van der Waals surface area contributed by atoms with Crippen LogP contribution in [0.25, 0.3) is 11.1 Å². The summed E-state index contributed by atoms with van der Waals surface area (Å²) >= 11 is 1.10. The van der Waals surface area contributed by atoms with Gasteiger partial charge in [0.25, 0.3) is 5.91 Å². The molecule has 1 aromatic heterocycles. The molecule has 4 amide bonds. The highest BCUT2D eigenvalue weighted by Crippen LogP contribution is 2.40. The lowest BCUT2D eigenvalue weighted by atomic mass is 9.98. The van der Waals surface area contributed by atoms with E-state index in [1.54, 1.807) is 19.4 Å². The van der Waals surface area contributed by atoms with Gasteiger partial charge in [0, 0.05) is 36.2 Å². The summed E-state index contributed by atoms with van der Waals surface area (Å²) in [7, 11) is 1.54. The minimum absolute atomic E-state index is 0.0505. The number of alkyl halides is 3. The van der Waals surface area contributed by atoms with Crippen LogP contribution in [0.1, 0.15) is 42.7 Å². The van der Waals surface area contributed by atoms with Crippen molar-refractivity contribution >= 4 is 35.3 Å². The molecule has 2 heterocycles. The number of carbonyl (C=O) groups excluding carboxylic acids is 3. The van der Waals surface area contributed by atoms with Gasteiger partial charge >= 0.3 is 12.2 Å². The van der Waals surface area contributed by atoms with E-state index in [0.717, 1.165) is 46.1 Å². The maximum absolute atomic E-state index is 14.1. The Hall–Kier alpha value is -4.75. The van der Waals surface area contributed by atoms with Crippen LogP contribution in [0.4, 0.5) is 23.7 Å². The van der Waals surface area contributed by atoms with Crippen molar-refractivity contribution in [2.24, 2.45) is 0 Å². The van der Waals surface area contributed by atoms with Gasteiger partial charge in [-0.05, 0) is 66.4 Å². The van der Waals surface area contributed by atoms with E-state index in [-0.39, 0.29) is 30.7 Å². The number of nitrogens with one attached hydrogen (secondary N) is 4. The quantitative estimate of drug-likeness (QED) is 0.143. The zero-order valence-electron chi connectivity index (χ0n) is 27.3. The van der Waals surface area contributed by atoms with Crippen LogP contribution in [-0.2, 0) is 35.4 Å². The molecule has 0 fully saturated rings. The standard InChI is InChI=1S/C36H38F3N5O4S/c1-35(2,42-20-27-8-6-16-48-27)18-32(45)43-29-22-49-31-17-26(36(37,38)39)14-15-30(31)44(33(29)46)21-23-10-12-24(13-11-23)28-9-5-4-7-25(28)19-41-34(47)40-3/h4-17,29,42H,18-22H2,1-3H3,(H,43,45)(H2,40,41,47)/t29-/m1/s1. The van der Waals surface area contributed by atoms with Gasteiger partial charge in [0.15, 0.2) is 0 Å². The largest absolute Gasteiger partial charge is 0.468 e. The van der Waals surface area contributed by atoms with Crippen molar-refractivity contribution in [1.29, 1.82) is 0 Å². The fourth-order valence-electron chi connectivity index (χ4n) is 5.49. The number of benzene rings is 3. The Morgan fingerprint density at radius 3 is 2.43 bits per heavy atom. The number of halogens is 3. The molecule has 0 saturated carbocycles. The number of hydrogen-bond donors (Lipinski definition) is 4. The minimum atomic E-state index is -4.55. The zero-order chi connectivity index (χ0) is 35.2. The van der Waals surface area contributed by atoms with E-state index < -0.39 is 29.2 Å². The molecule has 1 aliphatic rings. The second-order valence-corrected chi connectivity index (χ2v) is 13.4. The molecule has 3 aromatic carbocycles. The smallest absolute Gasteiger partial charge is 0.416 e. The normalized spacial score (nSPS) is 14.9. The van der Waals surface area contributed by atoms with Gasteiger partial charge in [0.1, 0.15) is 11.8 Å². The van der Waals surface area contributed by atoms with Crippen LogP contribution < -0.4 is 26.2 Å². The summed E-state index contributed by atoms with van der Waals surface area (Å²) in [5, 5.41) is 11.5. The zero-order valence-corrected chi connectivity index (χ0v) is 28.1. The van der Waals surface area contributed by atoms with E-state index in [0.29, 0.717) is 29.4 Å². The van der Waals surface area contributed by atoms with Gasteiger partial charge in [0.05, 0.1) is 30.6 Å². The second-order valence-electron chi connectivity index (χ2n) is 12.3. The van der Waals surface area contributed by atoms with E-state index in [2.05, 4.69) is 21.3 Å². The number of urea groups is 1. The molecule has 4 N–H and O–H groups in total. The van der Waals surface area contributed by atoms with E-state index in [9.17, 15) is 27.6 Å². The lowest BCUT2D eigenvalue weighted by Crippen LogP contribution is -2.51. The number of carbonyl (C=O) groups is 3. The second kappa shape index (κ2) is 15.2. The number of anilines is 1. The molecule has 0 saturated heterocycles. The summed E-state index contributed by atoms with van der Waals surface area (Å²) in [5.74, 6) is -0.0111. The van der Waals surface area contributed by atoms with Crippen molar-refractivity contribution < 1.29 is 32.0 Å². The van der Waals surface area contributed by atoms with Crippen LogP contribution in [-0.4, -0.2) is 42.2 Å². The average Bonchev–Trinajstić information content (AvgIpc) is 3.57. The number of amides is 4. The molecule has 1 atom stereocenters. The summed E-state index contributed by atoms with van der Waals surface area (Å²) < 4.78 is 46.4. The number of hydrogen-bond acceptors (Lipinski definition) is 6. The average molecular weight is 694 g/mol. The predicted octanol–water partition coefficient (Wildman–Crippen LogP) is 6.48. The van der Waals surface area contributed by atoms with Crippen LogP contribution >= 0.6 is 11.8 Å². The Balaban J connectivity index is 1.36. The van der Waals surface area contributed by atoms with Crippen LogP contribution in [0, 0.1) is 0 Å². The highest BCUT2D eigenvalue weighted by molar-refractivity contribution is 7.99. The Morgan fingerprint density at radius 2 is 1.73 bits per heavy atom. The molecule has 0 radical (unpaired) electrons.